The molecule has 1 aromatic rings. The molecular formula is C15H24N2O2S. The largest absolute Gasteiger partial charge is 0.396 e. The number of hydrogen-bond donors (Lipinski definition) is 3. The van der Waals surface area contributed by atoms with Gasteiger partial charge in [-0.2, -0.15) is 11.8 Å². The minimum Gasteiger partial charge on any atom is -0.396 e. The Hall–Kier alpha value is -1.20. The average molecular weight is 296 g/mol. The van der Waals surface area contributed by atoms with Crippen LogP contribution in [0.15, 0.2) is 24.3 Å². The summed E-state index contributed by atoms with van der Waals surface area (Å²) in [6.07, 6.45) is 3.13. The standard InChI is InChI=1S/C15H24N2O2S/c1-11(10-18)12(2)16-15(19)17-14-6-4-13(5-7-14)8-9-20-3/h4-7,11-12,18H,8-10H2,1-3H3,(H2,16,17,19). The maximum absolute atomic E-state index is 11.8. The molecule has 3 N–H and O–H groups in total. The van der Waals surface area contributed by atoms with Gasteiger partial charge in [-0.05, 0) is 49.0 Å². The molecular weight excluding hydrogens is 272 g/mol. The Morgan fingerprint density at radius 3 is 2.50 bits per heavy atom. The van der Waals surface area contributed by atoms with Crippen LogP contribution in [-0.2, 0) is 6.42 Å². The van der Waals surface area contributed by atoms with Gasteiger partial charge in [-0.1, -0.05) is 19.1 Å². The van der Waals surface area contributed by atoms with E-state index in [1.165, 1.54) is 5.56 Å². The summed E-state index contributed by atoms with van der Waals surface area (Å²) >= 11 is 1.82. The number of thioether (sulfide) groups is 1. The van der Waals surface area contributed by atoms with Crippen molar-refractivity contribution in [2.75, 3.05) is 23.9 Å². The molecule has 2 atom stereocenters. The third-order valence-corrected chi connectivity index (χ3v) is 3.92. The molecule has 0 aromatic heterocycles. The summed E-state index contributed by atoms with van der Waals surface area (Å²) in [4.78, 5) is 11.8. The Morgan fingerprint density at radius 2 is 1.95 bits per heavy atom. The Balaban J connectivity index is 2.45. The molecule has 4 nitrogen and oxygen atoms in total. The molecule has 0 saturated heterocycles. The summed E-state index contributed by atoms with van der Waals surface area (Å²) < 4.78 is 0. The number of aryl methyl sites for hydroxylation is 1. The van der Waals surface area contributed by atoms with Crippen LogP contribution in [0.1, 0.15) is 19.4 Å². The van der Waals surface area contributed by atoms with Crippen LogP contribution in [-0.4, -0.2) is 35.8 Å². The third kappa shape index (κ3) is 5.84. The van der Waals surface area contributed by atoms with Crippen LogP contribution >= 0.6 is 11.8 Å². The van der Waals surface area contributed by atoms with E-state index >= 15 is 0 Å². The molecule has 112 valence electrons. The van der Waals surface area contributed by atoms with Gasteiger partial charge in [-0.3, -0.25) is 0 Å². The Morgan fingerprint density at radius 1 is 1.30 bits per heavy atom. The molecule has 1 rings (SSSR count). The second-order valence-corrected chi connectivity index (χ2v) is 5.97. The highest BCUT2D eigenvalue weighted by molar-refractivity contribution is 7.98. The molecule has 0 radical (unpaired) electrons. The SMILES string of the molecule is CSCCc1ccc(NC(=O)NC(C)C(C)CO)cc1. The van der Waals surface area contributed by atoms with Gasteiger partial charge < -0.3 is 15.7 Å². The predicted octanol–water partition coefficient (Wildman–Crippen LogP) is 2.73. The second-order valence-electron chi connectivity index (χ2n) is 4.99. The van der Waals surface area contributed by atoms with E-state index in [-0.39, 0.29) is 24.6 Å². The number of benzene rings is 1. The van der Waals surface area contributed by atoms with Gasteiger partial charge in [0.05, 0.1) is 0 Å². The van der Waals surface area contributed by atoms with Crippen molar-refractivity contribution in [3.05, 3.63) is 29.8 Å². The van der Waals surface area contributed by atoms with Crippen LogP contribution in [0.3, 0.4) is 0 Å². The molecule has 0 aliphatic heterocycles. The minimum atomic E-state index is -0.241. The van der Waals surface area contributed by atoms with Gasteiger partial charge in [0.2, 0.25) is 0 Å². The molecule has 0 spiro atoms. The zero-order chi connectivity index (χ0) is 15.0. The van der Waals surface area contributed by atoms with Crippen LogP contribution in [0.25, 0.3) is 0 Å². The smallest absolute Gasteiger partial charge is 0.319 e. The van der Waals surface area contributed by atoms with Gasteiger partial charge in [0, 0.05) is 18.3 Å². The zero-order valence-electron chi connectivity index (χ0n) is 12.3. The number of anilines is 1. The first kappa shape index (κ1) is 16.9. The molecule has 0 aliphatic rings. The molecule has 0 aliphatic carbocycles. The molecule has 0 fully saturated rings. The van der Waals surface area contributed by atoms with E-state index < -0.39 is 0 Å². The van der Waals surface area contributed by atoms with Crippen LogP contribution in [0, 0.1) is 5.92 Å². The highest BCUT2D eigenvalue weighted by Crippen LogP contribution is 2.11. The molecule has 0 saturated carbocycles. The van der Waals surface area contributed by atoms with Crippen molar-refractivity contribution in [1.29, 1.82) is 0 Å². The van der Waals surface area contributed by atoms with Crippen LogP contribution in [0.2, 0.25) is 0 Å². The molecule has 5 heteroatoms. The lowest BCUT2D eigenvalue weighted by atomic mass is 10.1. The quantitative estimate of drug-likeness (QED) is 0.725. The van der Waals surface area contributed by atoms with E-state index in [0.29, 0.717) is 0 Å². The van der Waals surface area contributed by atoms with Gasteiger partial charge in [0.1, 0.15) is 0 Å². The fourth-order valence-electron chi connectivity index (χ4n) is 1.65. The van der Waals surface area contributed by atoms with Gasteiger partial charge in [0.15, 0.2) is 0 Å². The molecule has 2 unspecified atom stereocenters. The maximum atomic E-state index is 11.8. The minimum absolute atomic E-state index is 0.0367. The van der Waals surface area contributed by atoms with Crippen molar-refractivity contribution in [2.45, 2.75) is 26.3 Å². The van der Waals surface area contributed by atoms with Crippen LogP contribution in [0.4, 0.5) is 10.5 Å². The highest BCUT2D eigenvalue weighted by atomic mass is 32.2. The summed E-state index contributed by atoms with van der Waals surface area (Å²) in [6, 6.07) is 7.58. The van der Waals surface area contributed by atoms with E-state index in [2.05, 4.69) is 16.9 Å². The van der Waals surface area contributed by atoms with Gasteiger partial charge >= 0.3 is 6.03 Å². The Kier molecular flexibility index (Phi) is 7.47. The summed E-state index contributed by atoms with van der Waals surface area (Å²) in [5.41, 5.74) is 2.05. The molecule has 0 heterocycles. The predicted molar refractivity (Wildman–Crippen MR) is 86.4 cm³/mol. The van der Waals surface area contributed by atoms with Crippen molar-refractivity contribution in [3.8, 4) is 0 Å². The number of nitrogens with one attached hydrogen (secondary N) is 2. The summed E-state index contributed by atoms with van der Waals surface area (Å²) in [7, 11) is 0. The normalized spacial score (nSPS) is 13.6. The Labute approximate surface area is 125 Å². The van der Waals surface area contributed by atoms with Gasteiger partial charge in [0.25, 0.3) is 0 Å². The number of aliphatic hydroxyl groups excluding tert-OH is 1. The first-order valence-corrected chi connectivity index (χ1v) is 8.22. The van der Waals surface area contributed by atoms with E-state index in [1.54, 1.807) is 0 Å². The average Bonchev–Trinajstić information content (AvgIpc) is 2.45. The van der Waals surface area contributed by atoms with Crippen LogP contribution in [0.5, 0.6) is 0 Å². The maximum Gasteiger partial charge on any atom is 0.319 e. The summed E-state index contributed by atoms with van der Waals surface area (Å²) in [5.74, 6) is 1.14. The first-order chi connectivity index (χ1) is 9.56. The number of amides is 2. The summed E-state index contributed by atoms with van der Waals surface area (Å²) in [6.45, 7) is 3.84. The molecule has 2 amide bonds. The van der Waals surface area contributed by atoms with Crippen molar-refractivity contribution >= 4 is 23.5 Å². The fourth-order valence-corrected chi connectivity index (χ4v) is 2.09. The first-order valence-electron chi connectivity index (χ1n) is 6.83. The van der Waals surface area contributed by atoms with Gasteiger partial charge in [-0.25, -0.2) is 4.79 Å². The van der Waals surface area contributed by atoms with E-state index in [1.807, 2.05) is 49.9 Å². The monoisotopic (exact) mass is 296 g/mol. The van der Waals surface area contributed by atoms with E-state index in [9.17, 15) is 4.79 Å². The second kappa shape index (κ2) is 8.87. The van der Waals surface area contributed by atoms with E-state index in [4.69, 9.17) is 5.11 Å². The Bertz CT molecular complexity index is 409. The van der Waals surface area contributed by atoms with Crippen molar-refractivity contribution in [2.24, 2.45) is 5.92 Å². The van der Waals surface area contributed by atoms with Crippen molar-refractivity contribution in [1.82, 2.24) is 5.32 Å². The molecule has 0 bridgehead atoms. The number of urea groups is 1. The molecule has 20 heavy (non-hydrogen) atoms. The third-order valence-electron chi connectivity index (χ3n) is 3.31. The van der Waals surface area contributed by atoms with Gasteiger partial charge in [-0.15, -0.1) is 0 Å². The van der Waals surface area contributed by atoms with Crippen molar-refractivity contribution < 1.29 is 9.90 Å². The number of carbonyl (C=O) groups excluding carboxylic acids is 1. The number of carbonyl (C=O) groups is 1. The topological polar surface area (TPSA) is 61.4 Å². The molecule has 1 aromatic carbocycles. The van der Waals surface area contributed by atoms with Crippen LogP contribution < -0.4 is 10.6 Å². The zero-order valence-corrected chi connectivity index (χ0v) is 13.2. The number of aliphatic hydroxyl groups is 1. The number of hydrogen-bond acceptors (Lipinski definition) is 3. The fraction of sp³-hybridized carbons (Fsp3) is 0.533. The lowest BCUT2D eigenvalue weighted by Crippen LogP contribution is -2.40. The summed E-state index contributed by atoms with van der Waals surface area (Å²) in [5, 5.41) is 14.6. The highest BCUT2D eigenvalue weighted by Gasteiger charge is 2.13. The lowest BCUT2D eigenvalue weighted by Gasteiger charge is -2.19. The van der Waals surface area contributed by atoms with E-state index in [0.717, 1.165) is 17.9 Å². The van der Waals surface area contributed by atoms with Crippen molar-refractivity contribution in [3.63, 3.8) is 0 Å². The lowest BCUT2D eigenvalue weighted by molar-refractivity contribution is 0.204. The number of rotatable bonds is 7.